The fraction of sp³-hybridized carbons (Fsp3) is 0.267. The quantitative estimate of drug-likeness (QED) is 0.845. The molecule has 1 heterocycles. The van der Waals surface area contributed by atoms with Gasteiger partial charge in [-0.25, -0.2) is 0 Å². The molecule has 0 spiro atoms. The number of benzene rings is 1. The first kappa shape index (κ1) is 13.2. The monoisotopic (exact) mass is 256 g/mol. The summed E-state index contributed by atoms with van der Waals surface area (Å²) in [6, 6.07) is 7.63. The maximum Gasteiger partial charge on any atom is 0.119 e. The highest BCUT2D eigenvalue weighted by molar-refractivity contribution is 5.44. The molecule has 0 atom stereocenters. The average Bonchev–Trinajstić information content (AvgIpc) is 2.91. The molecule has 2 rings (SSSR count). The second-order valence-corrected chi connectivity index (χ2v) is 4.05. The summed E-state index contributed by atoms with van der Waals surface area (Å²) in [5.74, 6) is 6.36. The summed E-state index contributed by atoms with van der Waals surface area (Å²) in [7, 11) is 0. The van der Waals surface area contributed by atoms with Crippen molar-refractivity contribution in [2.24, 2.45) is 0 Å². The molecule has 19 heavy (non-hydrogen) atoms. The van der Waals surface area contributed by atoms with Gasteiger partial charge in [-0.15, -0.1) is 0 Å². The average molecular weight is 256 g/mol. The molecular weight excluding hydrogens is 240 g/mol. The molecule has 98 valence electrons. The van der Waals surface area contributed by atoms with E-state index >= 15 is 0 Å². The van der Waals surface area contributed by atoms with Crippen molar-refractivity contribution in [3.8, 4) is 17.6 Å². The first-order chi connectivity index (χ1) is 9.29. The van der Waals surface area contributed by atoms with Crippen LogP contribution in [-0.2, 0) is 6.54 Å². The van der Waals surface area contributed by atoms with Crippen molar-refractivity contribution < 1.29 is 9.84 Å². The van der Waals surface area contributed by atoms with Gasteiger partial charge in [-0.05, 0) is 36.8 Å². The van der Waals surface area contributed by atoms with Crippen LogP contribution in [0.15, 0.2) is 36.7 Å². The number of aliphatic hydroxyl groups excluding tert-OH is 1. The lowest BCUT2D eigenvalue weighted by Crippen LogP contribution is -2.08. The Hall–Kier alpha value is -2.25. The Morgan fingerprint density at radius 3 is 3.00 bits per heavy atom. The Labute approximate surface area is 112 Å². The van der Waals surface area contributed by atoms with Crippen LogP contribution in [0.25, 0.3) is 0 Å². The molecule has 0 bridgehead atoms. The maximum atomic E-state index is 8.67. The highest BCUT2D eigenvalue weighted by Crippen LogP contribution is 2.16. The van der Waals surface area contributed by atoms with Crippen LogP contribution >= 0.6 is 0 Å². The summed E-state index contributed by atoms with van der Waals surface area (Å²) in [6.07, 6.45) is 3.65. The molecule has 0 saturated heterocycles. The molecule has 0 fully saturated rings. The van der Waals surface area contributed by atoms with Crippen LogP contribution in [0.2, 0.25) is 0 Å². The molecular formula is C15H16N2O2. The van der Waals surface area contributed by atoms with E-state index in [1.807, 2.05) is 42.1 Å². The minimum Gasteiger partial charge on any atom is -0.492 e. The van der Waals surface area contributed by atoms with Gasteiger partial charge in [-0.1, -0.05) is 11.8 Å². The Morgan fingerprint density at radius 1 is 1.42 bits per heavy atom. The van der Waals surface area contributed by atoms with E-state index in [-0.39, 0.29) is 6.61 Å². The summed E-state index contributed by atoms with van der Waals surface area (Å²) in [5, 5.41) is 12.8. The molecule has 2 aromatic rings. The first-order valence-electron chi connectivity index (χ1n) is 6.10. The van der Waals surface area contributed by atoms with Crippen LogP contribution in [0, 0.1) is 18.8 Å². The normalized spacial score (nSPS) is 9.79. The van der Waals surface area contributed by atoms with Crippen molar-refractivity contribution in [1.29, 1.82) is 0 Å². The summed E-state index contributed by atoms with van der Waals surface area (Å²) in [4.78, 5) is 0. The molecule has 0 saturated carbocycles. The largest absolute Gasteiger partial charge is 0.492 e. The van der Waals surface area contributed by atoms with Gasteiger partial charge in [0, 0.05) is 18.0 Å². The van der Waals surface area contributed by atoms with Gasteiger partial charge in [0.15, 0.2) is 0 Å². The number of aryl methyl sites for hydroxylation is 1. The number of aromatic nitrogens is 2. The van der Waals surface area contributed by atoms with Crippen molar-refractivity contribution in [2.45, 2.75) is 13.5 Å². The molecule has 0 amide bonds. The number of aliphatic hydroxyl groups is 1. The number of ether oxygens (including phenoxy) is 1. The van der Waals surface area contributed by atoms with E-state index in [9.17, 15) is 0 Å². The summed E-state index contributed by atoms with van der Waals surface area (Å²) >= 11 is 0. The lowest BCUT2D eigenvalue weighted by Gasteiger charge is -2.08. The highest BCUT2D eigenvalue weighted by atomic mass is 16.5. The second kappa shape index (κ2) is 6.62. The van der Waals surface area contributed by atoms with Crippen LogP contribution < -0.4 is 4.74 Å². The van der Waals surface area contributed by atoms with E-state index in [4.69, 9.17) is 9.84 Å². The third kappa shape index (κ3) is 3.87. The molecule has 0 aliphatic heterocycles. The molecule has 1 N–H and O–H groups in total. The van der Waals surface area contributed by atoms with E-state index in [2.05, 4.69) is 16.9 Å². The van der Waals surface area contributed by atoms with Crippen molar-refractivity contribution in [1.82, 2.24) is 9.78 Å². The molecule has 0 radical (unpaired) electrons. The van der Waals surface area contributed by atoms with Crippen molar-refractivity contribution in [3.63, 3.8) is 0 Å². The lowest BCUT2D eigenvalue weighted by molar-refractivity contribution is 0.291. The van der Waals surface area contributed by atoms with E-state index in [0.717, 1.165) is 23.4 Å². The van der Waals surface area contributed by atoms with Gasteiger partial charge in [0.05, 0.1) is 6.54 Å². The van der Waals surface area contributed by atoms with E-state index in [1.165, 1.54) is 0 Å². The van der Waals surface area contributed by atoms with Gasteiger partial charge in [0.2, 0.25) is 0 Å². The predicted molar refractivity (Wildman–Crippen MR) is 72.9 cm³/mol. The van der Waals surface area contributed by atoms with Crippen LogP contribution in [0.5, 0.6) is 5.75 Å². The van der Waals surface area contributed by atoms with Crippen LogP contribution in [0.1, 0.15) is 11.1 Å². The van der Waals surface area contributed by atoms with Gasteiger partial charge >= 0.3 is 0 Å². The predicted octanol–water partition coefficient (Wildman–Crippen LogP) is 1.61. The van der Waals surface area contributed by atoms with Crippen molar-refractivity contribution in [3.05, 3.63) is 47.8 Å². The highest BCUT2D eigenvalue weighted by Gasteiger charge is 1.99. The Kier molecular flexibility index (Phi) is 4.60. The zero-order valence-corrected chi connectivity index (χ0v) is 10.8. The Balaban J connectivity index is 1.92. The Morgan fingerprint density at radius 2 is 2.32 bits per heavy atom. The molecule has 0 unspecified atom stereocenters. The lowest BCUT2D eigenvalue weighted by atomic mass is 10.1. The first-order valence-corrected chi connectivity index (χ1v) is 6.10. The minimum atomic E-state index is -0.123. The molecule has 0 aliphatic rings. The summed E-state index contributed by atoms with van der Waals surface area (Å²) in [5.41, 5.74) is 1.95. The minimum absolute atomic E-state index is 0.123. The van der Waals surface area contributed by atoms with Crippen molar-refractivity contribution >= 4 is 0 Å². The standard InChI is InChI=1S/C15H16N2O2/c1-13-12-15(6-5-14(13)4-2-10-18)19-11-9-17-8-3-7-16-17/h3,5-8,12,18H,9-11H2,1H3. The van der Waals surface area contributed by atoms with Crippen LogP contribution in [-0.4, -0.2) is 28.1 Å². The van der Waals surface area contributed by atoms with Gasteiger partial charge in [0.25, 0.3) is 0 Å². The SMILES string of the molecule is Cc1cc(OCCn2cccn2)ccc1C#CCO. The number of hydrogen-bond acceptors (Lipinski definition) is 3. The van der Waals surface area contributed by atoms with E-state index < -0.39 is 0 Å². The van der Waals surface area contributed by atoms with Gasteiger partial charge < -0.3 is 9.84 Å². The zero-order chi connectivity index (χ0) is 13.5. The zero-order valence-electron chi connectivity index (χ0n) is 10.8. The third-order valence-corrected chi connectivity index (χ3v) is 2.65. The number of rotatable bonds is 4. The van der Waals surface area contributed by atoms with E-state index in [1.54, 1.807) is 6.20 Å². The fourth-order valence-corrected chi connectivity index (χ4v) is 1.69. The van der Waals surface area contributed by atoms with Gasteiger partial charge in [-0.2, -0.15) is 5.10 Å². The van der Waals surface area contributed by atoms with Gasteiger partial charge in [0.1, 0.15) is 19.0 Å². The van der Waals surface area contributed by atoms with Crippen LogP contribution in [0.3, 0.4) is 0 Å². The smallest absolute Gasteiger partial charge is 0.119 e. The van der Waals surface area contributed by atoms with Crippen LogP contribution in [0.4, 0.5) is 0 Å². The number of nitrogens with zero attached hydrogens (tertiary/aromatic N) is 2. The molecule has 1 aromatic carbocycles. The maximum absolute atomic E-state index is 8.67. The summed E-state index contributed by atoms with van der Waals surface area (Å²) < 4.78 is 7.49. The van der Waals surface area contributed by atoms with Gasteiger partial charge in [-0.3, -0.25) is 4.68 Å². The second-order valence-electron chi connectivity index (χ2n) is 4.05. The topological polar surface area (TPSA) is 47.3 Å². The molecule has 1 aromatic heterocycles. The Bertz CT molecular complexity index is 580. The molecule has 4 heteroatoms. The number of hydrogen-bond donors (Lipinski definition) is 1. The fourth-order valence-electron chi connectivity index (χ4n) is 1.69. The molecule has 0 aliphatic carbocycles. The van der Waals surface area contributed by atoms with Crippen molar-refractivity contribution in [2.75, 3.05) is 13.2 Å². The third-order valence-electron chi connectivity index (χ3n) is 2.65. The summed E-state index contributed by atoms with van der Waals surface area (Å²) in [6.45, 7) is 3.14. The van der Waals surface area contributed by atoms with E-state index in [0.29, 0.717) is 6.61 Å². The molecule has 4 nitrogen and oxygen atoms in total.